The first kappa shape index (κ1) is 11.5. The Morgan fingerprint density at radius 1 is 1.36 bits per heavy atom. The Morgan fingerprint density at radius 2 is 2.00 bits per heavy atom. The van der Waals surface area contributed by atoms with Crippen LogP contribution in [0.2, 0.25) is 0 Å². The number of hydrogen-bond donors (Lipinski definition) is 1. The van der Waals surface area contributed by atoms with Crippen molar-refractivity contribution in [2.45, 2.75) is 50.6 Å². The van der Waals surface area contributed by atoms with Crippen LogP contribution in [-0.4, -0.2) is 30.6 Å². The van der Waals surface area contributed by atoms with Crippen LogP contribution in [-0.2, 0) is 0 Å². The Balaban J connectivity index is 2.17. The van der Waals surface area contributed by atoms with Gasteiger partial charge in [-0.15, -0.1) is 0 Å². The van der Waals surface area contributed by atoms with Crippen LogP contribution in [0.15, 0.2) is 0 Å². The molecule has 0 bridgehead atoms. The van der Waals surface area contributed by atoms with Crippen molar-refractivity contribution >= 4 is 0 Å². The minimum atomic E-state index is 0.429. The van der Waals surface area contributed by atoms with Crippen LogP contribution in [0.25, 0.3) is 0 Å². The van der Waals surface area contributed by atoms with E-state index in [-0.39, 0.29) is 0 Å². The Kier molecular flexibility index (Phi) is 4.92. The van der Waals surface area contributed by atoms with Gasteiger partial charge in [-0.25, -0.2) is 0 Å². The van der Waals surface area contributed by atoms with Gasteiger partial charge >= 0.3 is 0 Å². The molecule has 0 radical (unpaired) electrons. The third-order valence-electron chi connectivity index (χ3n) is 3.16. The van der Waals surface area contributed by atoms with Crippen LogP contribution in [0.5, 0.6) is 0 Å². The van der Waals surface area contributed by atoms with Gasteiger partial charge in [0.05, 0.1) is 6.07 Å². The minimum absolute atomic E-state index is 0.429. The first-order valence-electron chi connectivity index (χ1n) is 5.57. The topological polar surface area (TPSA) is 53.0 Å². The van der Waals surface area contributed by atoms with E-state index in [1.165, 1.54) is 12.8 Å². The molecule has 1 fully saturated rings. The standard InChI is InChI=1S/C11H21N3/c1-14(9-3-2-8-12)11-6-4-10(13)5-7-11/h10-11H,2-7,9,13H2,1H3. The van der Waals surface area contributed by atoms with Crippen LogP contribution < -0.4 is 5.73 Å². The lowest BCUT2D eigenvalue weighted by Gasteiger charge is -2.33. The summed E-state index contributed by atoms with van der Waals surface area (Å²) in [5.74, 6) is 0. The van der Waals surface area contributed by atoms with E-state index < -0.39 is 0 Å². The second-order valence-electron chi connectivity index (χ2n) is 4.31. The molecular formula is C11H21N3. The fourth-order valence-electron chi connectivity index (χ4n) is 2.13. The van der Waals surface area contributed by atoms with Crippen molar-refractivity contribution in [3.8, 4) is 6.07 Å². The van der Waals surface area contributed by atoms with Crippen LogP contribution >= 0.6 is 0 Å². The maximum Gasteiger partial charge on any atom is 0.0622 e. The number of nitrogens with zero attached hydrogens (tertiary/aromatic N) is 2. The summed E-state index contributed by atoms with van der Waals surface area (Å²) in [7, 11) is 2.17. The van der Waals surface area contributed by atoms with Crippen molar-refractivity contribution in [2.75, 3.05) is 13.6 Å². The molecule has 14 heavy (non-hydrogen) atoms. The van der Waals surface area contributed by atoms with E-state index >= 15 is 0 Å². The Morgan fingerprint density at radius 3 is 2.57 bits per heavy atom. The van der Waals surface area contributed by atoms with Gasteiger partial charge in [0.2, 0.25) is 0 Å². The molecule has 0 aromatic rings. The van der Waals surface area contributed by atoms with E-state index in [9.17, 15) is 0 Å². The molecule has 3 heteroatoms. The number of rotatable bonds is 4. The molecule has 0 spiro atoms. The van der Waals surface area contributed by atoms with E-state index in [4.69, 9.17) is 11.0 Å². The summed E-state index contributed by atoms with van der Waals surface area (Å²) in [6, 6.07) is 3.32. The van der Waals surface area contributed by atoms with Crippen molar-refractivity contribution in [2.24, 2.45) is 5.73 Å². The van der Waals surface area contributed by atoms with Gasteiger partial charge < -0.3 is 10.6 Å². The first-order chi connectivity index (χ1) is 6.74. The number of unbranched alkanes of at least 4 members (excludes halogenated alkanes) is 1. The largest absolute Gasteiger partial charge is 0.328 e. The summed E-state index contributed by atoms with van der Waals surface area (Å²) in [5.41, 5.74) is 5.86. The zero-order valence-corrected chi connectivity index (χ0v) is 9.08. The predicted octanol–water partition coefficient (Wildman–Crippen LogP) is 1.49. The normalized spacial score (nSPS) is 27.6. The highest BCUT2D eigenvalue weighted by Crippen LogP contribution is 2.21. The van der Waals surface area contributed by atoms with Gasteiger partial charge in [-0.05, 0) is 45.7 Å². The van der Waals surface area contributed by atoms with Gasteiger partial charge in [0.25, 0.3) is 0 Å². The molecule has 0 amide bonds. The molecule has 0 unspecified atom stereocenters. The number of hydrogen-bond acceptors (Lipinski definition) is 3. The average molecular weight is 195 g/mol. The maximum atomic E-state index is 8.44. The number of nitrogens with two attached hydrogens (primary N) is 1. The SMILES string of the molecule is CN(CCCC#N)C1CCC(N)CC1. The second-order valence-corrected chi connectivity index (χ2v) is 4.31. The van der Waals surface area contributed by atoms with Crippen LogP contribution in [0.1, 0.15) is 38.5 Å². The van der Waals surface area contributed by atoms with Crippen molar-refractivity contribution in [3.63, 3.8) is 0 Å². The lowest BCUT2D eigenvalue weighted by atomic mass is 9.91. The monoisotopic (exact) mass is 195 g/mol. The highest BCUT2D eigenvalue weighted by atomic mass is 15.1. The lowest BCUT2D eigenvalue weighted by molar-refractivity contribution is 0.182. The first-order valence-corrected chi connectivity index (χ1v) is 5.57. The lowest BCUT2D eigenvalue weighted by Crippen LogP contribution is -2.39. The second kappa shape index (κ2) is 6.00. The molecule has 1 rings (SSSR count). The third-order valence-corrected chi connectivity index (χ3v) is 3.16. The van der Waals surface area contributed by atoms with Crippen LogP contribution in [0, 0.1) is 11.3 Å². The maximum absolute atomic E-state index is 8.44. The van der Waals surface area contributed by atoms with E-state index in [1.54, 1.807) is 0 Å². The average Bonchev–Trinajstić information content (AvgIpc) is 2.19. The molecule has 1 saturated carbocycles. The summed E-state index contributed by atoms with van der Waals surface area (Å²) in [6.45, 7) is 1.05. The molecule has 0 aromatic heterocycles. The summed E-state index contributed by atoms with van der Waals surface area (Å²) in [4.78, 5) is 2.39. The fraction of sp³-hybridized carbons (Fsp3) is 0.909. The predicted molar refractivity (Wildman–Crippen MR) is 57.7 cm³/mol. The number of nitriles is 1. The van der Waals surface area contributed by atoms with Crippen LogP contribution in [0.4, 0.5) is 0 Å². The molecule has 0 heterocycles. The fourth-order valence-corrected chi connectivity index (χ4v) is 2.13. The molecular weight excluding hydrogens is 174 g/mol. The summed E-state index contributed by atoms with van der Waals surface area (Å²) < 4.78 is 0. The molecule has 80 valence electrons. The Hall–Kier alpha value is -0.590. The van der Waals surface area contributed by atoms with Gasteiger partial charge in [0.15, 0.2) is 0 Å². The summed E-state index contributed by atoms with van der Waals surface area (Å²) in [6.07, 6.45) is 6.45. The summed E-state index contributed by atoms with van der Waals surface area (Å²) in [5, 5.41) is 8.44. The Labute approximate surface area is 86.9 Å². The molecule has 3 nitrogen and oxygen atoms in total. The molecule has 0 saturated heterocycles. The molecule has 1 aliphatic rings. The van der Waals surface area contributed by atoms with Crippen molar-refractivity contribution in [1.82, 2.24) is 4.90 Å². The minimum Gasteiger partial charge on any atom is -0.328 e. The van der Waals surface area contributed by atoms with Crippen molar-refractivity contribution in [1.29, 1.82) is 5.26 Å². The molecule has 2 N–H and O–H groups in total. The molecule has 0 atom stereocenters. The van der Waals surface area contributed by atoms with E-state index in [1.807, 2.05) is 0 Å². The van der Waals surface area contributed by atoms with Crippen LogP contribution in [0.3, 0.4) is 0 Å². The van der Waals surface area contributed by atoms with Gasteiger partial charge in [-0.2, -0.15) is 5.26 Å². The zero-order chi connectivity index (χ0) is 10.4. The molecule has 1 aliphatic carbocycles. The quantitative estimate of drug-likeness (QED) is 0.691. The van der Waals surface area contributed by atoms with Crippen molar-refractivity contribution in [3.05, 3.63) is 0 Å². The smallest absolute Gasteiger partial charge is 0.0622 e. The van der Waals surface area contributed by atoms with Gasteiger partial charge in [-0.1, -0.05) is 0 Å². The Bertz CT molecular complexity index is 189. The molecule has 0 aromatic carbocycles. The third kappa shape index (κ3) is 3.65. The molecule has 0 aliphatic heterocycles. The van der Waals surface area contributed by atoms with Gasteiger partial charge in [0, 0.05) is 18.5 Å². The summed E-state index contributed by atoms with van der Waals surface area (Å²) >= 11 is 0. The van der Waals surface area contributed by atoms with Crippen molar-refractivity contribution < 1.29 is 0 Å². The van der Waals surface area contributed by atoms with E-state index in [2.05, 4.69) is 18.0 Å². The van der Waals surface area contributed by atoms with Gasteiger partial charge in [-0.3, -0.25) is 0 Å². The highest BCUT2D eigenvalue weighted by Gasteiger charge is 2.21. The van der Waals surface area contributed by atoms with Gasteiger partial charge in [0.1, 0.15) is 0 Å². The highest BCUT2D eigenvalue weighted by molar-refractivity contribution is 4.80. The van der Waals surface area contributed by atoms with E-state index in [0.717, 1.165) is 25.8 Å². The zero-order valence-electron chi connectivity index (χ0n) is 9.08. The van der Waals surface area contributed by atoms with E-state index in [0.29, 0.717) is 18.5 Å².